The zero-order chi connectivity index (χ0) is 5.70. The number of hydrogen-bond acceptors (Lipinski definition) is 0. The Balaban J connectivity index is 0. The van der Waals surface area contributed by atoms with Gasteiger partial charge in [0.15, 0.2) is 0 Å². The van der Waals surface area contributed by atoms with Gasteiger partial charge in [0.05, 0.1) is 0 Å². The van der Waals surface area contributed by atoms with E-state index in [1.807, 2.05) is 0 Å². The van der Waals surface area contributed by atoms with Gasteiger partial charge in [0.2, 0.25) is 0 Å². The predicted octanol–water partition coefficient (Wildman–Crippen LogP) is -0.455. The Hall–Kier alpha value is 0.999. The van der Waals surface area contributed by atoms with Gasteiger partial charge >= 0.3 is 50.6 Å². The van der Waals surface area contributed by atoms with Crippen LogP contribution in [0.1, 0.15) is 20.8 Å². The van der Waals surface area contributed by atoms with E-state index in [9.17, 15) is 0 Å². The first kappa shape index (κ1) is 11.8. The molecular weight excluding hydrogens is 231 g/mol. The van der Waals surface area contributed by atoms with E-state index in [0.717, 1.165) is 0 Å². The Morgan fingerprint density at radius 3 is 1.12 bits per heavy atom. The fourth-order valence-electron chi connectivity index (χ4n) is 0.612. The van der Waals surface area contributed by atoms with E-state index in [-0.39, 0.29) is 30.9 Å². The molecule has 0 saturated carbocycles. The summed E-state index contributed by atoms with van der Waals surface area (Å²) in [4.78, 5) is 0. The van der Waals surface area contributed by atoms with E-state index in [0.29, 0.717) is 0 Å². The molecule has 0 unspecified atom stereocenters. The van der Waals surface area contributed by atoms with Crippen molar-refractivity contribution in [3.63, 3.8) is 0 Å². The van der Waals surface area contributed by atoms with E-state index in [4.69, 9.17) is 0 Å². The molecule has 0 radical (unpaired) electrons. The normalized spacial score (nSPS) is 9.00. The molecule has 8 heavy (non-hydrogen) atoms. The van der Waals surface area contributed by atoms with Crippen LogP contribution >= 0.6 is 0 Å². The molecule has 0 saturated heterocycles. The molecule has 0 atom stereocenters. The Morgan fingerprint density at radius 2 is 1.12 bits per heavy atom. The van der Waals surface area contributed by atoms with Crippen LogP contribution in [0.2, 0.25) is 16.0 Å². The van der Waals surface area contributed by atoms with Crippen molar-refractivity contribution in [1.29, 1.82) is 0 Å². The molecule has 0 aliphatic heterocycles. The smallest absolute Gasteiger partial charge is 1.00 e. The van der Waals surface area contributed by atoms with E-state index in [2.05, 4.69) is 20.8 Å². The van der Waals surface area contributed by atoms with Gasteiger partial charge in [-0.1, -0.05) is 0 Å². The maximum atomic E-state index is 2.32. The quantitative estimate of drug-likeness (QED) is 0.591. The summed E-state index contributed by atoms with van der Waals surface area (Å²) >= 11 is -0.0556. The van der Waals surface area contributed by atoms with Crippen molar-refractivity contribution in [2.45, 2.75) is 36.7 Å². The Kier molecular flexibility index (Phi) is 11.8. The number of rotatable bonds is 3. The summed E-state index contributed by atoms with van der Waals surface area (Å²) in [7, 11) is 0. The van der Waals surface area contributed by atoms with Gasteiger partial charge in [0.1, 0.15) is 0 Å². The third-order valence-electron chi connectivity index (χ3n) is 1.22. The molecule has 0 aliphatic rings. The van der Waals surface area contributed by atoms with Crippen LogP contribution in [0.15, 0.2) is 0 Å². The van der Waals surface area contributed by atoms with Gasteiger partial charge in [0.25, 0.3) is 0 Å². The number of halogens is 1. The van der Waals surface area contributed by atoms with Gasteiger partial charge in [-0.2, -0.15) is 0 Å². The van der Waals surface area contributed by atoms with Crippen LogP contribution < -0.4 is 17.0 Å². The molecule has 0 spiro atoms. The first-order valence-corrected chi connectivity index (χ1v) is 6.62. The second kappa shape index (κ2) is 8.00. The van der Waals surface area contributed by atoms with Crippen molar-refractivity contribution in [3.8, 4) is 0 Å². The van der Waals surface area contributed by atoms with E-state index >= 15 is 0 Å². The summed E-state index contributed by atoms with van der Waals surface area (Å²) in [5.41, 5.74) is 0. The minimum Gasteiger partial charge on any atom is -1.00 e. The third kappa shape index (κ3) is 5.14. The molecule has 0 aromatic heterocycles. The van der Waals surface area contributed by atoms with Crippen LogP contribution in [0.5, 0.6) is 0 Å². The summed E-state index contributed by atoms with van der Waals surface area (Å²) < 4.78 is 0. The summed E-state index contributed by atoms with van der Waals surface area (Å²) in [5, 5.41) is 4.44. The molecule has 0 heterocycles. The summed E-state index contributed by atoms with van der Waals surface area (Å²) in [5.74, 6) is 0. The second-order valence-corrected chi connectivity index (χ2v) is 7.68. The summed E-state index contributed by atoms with van der Waals surface area (Å²) in [6, 6.07) is 0. The fourth-order valence-corrected chi connectivity index (χ4v) is 3.18. The molecule has 0 N–H and O–H groups in total. The van der Waals surface area contributed by atoms with Crippen LogP contribution in [0, 0.1) is 0 Å². The van der Waals surface area contributed by atoms with E-state index in [1.54, 1.807) is 0 Å². The molecule has 0 rings (SSSR count). The standard InChI is InChI=1S/C6H15Se.BrH/c1-4-7(5-2)6-3;/h4-6H2,1-3H3;1H/q+1;/p-1. The van der Waals surface area contributed by atoms with Gasteiger partial charge in [-0.15, -0.1) is 0 Å². The van der Waals surface area contributed by atoms with Crippen molar-refractivity contribution in [2.75, 3.05) is 0 Å². The molecule has 0 aromatic carbocycles. The Morgan fingerprint density at radius 1 is 0.875 bits per heavy atom. The van der Waals surface area contributed by atoms with Crippen molar-refractivity contribution in [3.05, 3.63) is 0 Å². The largest absolute Gasteiger partial charge is 1.00 e. The van der Waals surface area contributed by atoms with Crippen molar-refractivity contribution in [2.24, 2.45) is 0 Å². The molecule has 2 heteroatoms. The topological polar surface area (TPSA) is 0 Å². The SMILES string of the molecule is CC[Se+](CC)CC.[Br-]. The molecule has 0 aliphatic carbocycles. The van der Waals surface area contributed by atoms with E-state index in [1.165, 1.54) is 16.0 Å². The second-order valence-electron chi connectivity index (χ2n) is 1.48. The van der Waals surface area contributed by atoms with Crippen LogP contribution in [-0.4, -0.2) is 13.9 Å². The van der Waals surface area contributed by atoms with E-state index < -0.39 is 0 Å². The van der Waals surface area contributed by atoms with Crippen molar-refractivity contribution >= 4 is 13.9 Å². The first-order valence-electron chi connectivity index (χ1n) is 2.99. The average molecular weight is 246 g/mol. The maximum absolute atomic E-state index is 2.32. The number of hydrogen-bond donors (Lipinski definition) is 0. The van der Waals surface area contributed by atoms with Crippen LogP contribution in [0.25, 0.3) is 0 Å². The first-order chi connectivity index (χ1) is 3.35. The molecule has 0 fully saturated rings. The Bertz CT molecular complexity index is 30.0. The van der Waals surface area contributed by atoms with Gasteiger partial charge in [0, 0.05) is 0 Å². The van der Waals surface area contributed by atoms with Crippen LogP contribution in [-0.2, 0) is 0 Å². The predicted molar refractivity (Wildman–Crippen MR) is 37.2 cm³/mol. The van der Waals surface area contributed by atoms with Crippen molar-refractivity contribution in [1.82, 2.24) is 0 Å². The minimum absolute atomic E-state index is 0. The molecular formula is C6H15BrSe. The van der Waals surface area contributed by atoms with Gasteiger partial charge in [-0.3, -0.25) is 0 Å². The summed E-state index contributed by atoms with van der Waals surface area (Å²) in [6.07, 6.45) is 0. The zero-order valence-corrected chi connectivity index (χ0v) is 9.21. The maximum Gasteiger partial charge on any atom is -1.00 e. The molecule has 0 amide bonds. The Labute approximate surface area is 67.7 Å². The fraction of sp³-hybridized carbons (Fsp3) is 1.00. The molecule has 0 bridgehead atoms. The molecule has 52 valence electrons. The van der Waals surface area contributed by atoms with Crippen molar-refractivity contribution < 1.29 is 17.0 Å². The van der Waals surface area contributed by atoms with Crippen LogP contribution in [0.3, 0.4) is 0 Å². The zero-order valence-electron chi connectivity index (χ0n) is 5.91. The van der Waals surface area contributed by atoms with Gasteiger partial charge in [-0.05, 0) is 0 Å². The summed E-state index contributed by atoms with van der Waals surface area (Å²) in [6.45, 7) is 6.95. The van der Waals surface area contributed by atoms with Crippen LogP contribution in [0.4, 0.5) is 0 Å². The molecule has 0 nitrogen and oxygen atoms in total. The minimum atomic E-state index is -0.0556. The average Bonchev–Trinajstić information content (AvgIpc) is 1.72. The molecule has 0 aromatic rings. The van der Waals surface area contributed by atoms with Gasteiger partial charge < -0.3 is 17.0 Å². The third-order valence-corrected chi connectivity index (χ3v) is 6.36. The van der Waals surface area contributed by atoms with Gasteiger partial charge in [-0.25, -0.2) is 0 Å². The monoisotopic (exact) mass is 246 g/mol.